The van der Waals surface area contributed by atoms with Gasteiger partial charge in [0.15, 0.2) is 30.0 Å². The molecule has 5 rings (SSSR count). The standard InChI is InChI=1S/C23H32N8O7/c1-3-25-21(35)18-16(33)17(34)22(38-18)31-10-26-15-19(24)27-12(28-20(15)31)8-11-4-6-30(7-5-11)23(36)37-14-9-13(32)29(14)2/h10-11,14,16-18,22,33-34H,3-9H2,1-2H3,(H,25,35)(H2,24,27,28)/t14?,16?,17?,18-,22+/m0/s1. The highest BCUT2D eigenvalue weighted by molar-refractivity contribution is 5.84. The van der Waals surface area contributed by atoms with Gasteiger partial charge in [0.25, 0.3) is 5.91 Å². The molecule has 5 heterocycles. The summed E-state index contributed by atoms with van der Waals surface area (Å²) in [6.07, 6.45) is -2.56. The lowest BCUT2D eigenvalue weighted by Crippen LogP contribution is -2.54. The Kier molecular flexibility index (Phi) is 7.07. The third-order valence-corrected chi connectivity index (χ3v) is 7.37. The van der Waals surface area contributed by atoms with E-state index in [9.17, 15) is 24.6 Å². The minimum Gasteiger partial charge on any atom is -0.425 e. The molecule has 2 aromatic rings. The van der Waals surface area contributed by atoms with Crippen LogP contribution in [0.15, 0.2) is 6.33 Å². The fraction of sp³-hybridized carbons (Fsp3) is 0.652. The molecule has 5 atom stereocenters. The second kappa shape index (κ2) is 10.3. The lowest BCUT2D eigenvalue weighted by molar-refractivity contribution is -0.161. The molecule has 5 N–H and O–H groups in total. The van der Waals surface area contributed by atoms with E-state index in [1.807, 2.05) is 0 Å². The monoisotopic (exact) mass is 532 g/mol. The lowest BCUT2D eigenvalue weighted by atomic mass is 9.93. The van der Waals surface area contributed by atoms with Crippen molar-refractivity contribution in [1.29, 1.82) is 0 Å². The van der Waals surface area contributed by atoms with E-state index in [1.165, 1.54) is 15.8 Å². The van der Waals surface area contributed by atoms with Crippen LogP contribution in [0.1, 0.15) is 38.2 Å². The van der Waals surface area contributed by atoms with Crippen molar-refractivity contribution in [2.75, 3.05) is 32.4 Å². The van der Waals surface area contributed by atoms with E-state index in [2.05, 4.69) is 20.3 Å². The van der Waals surface area contributed by atoms with Crippen LogP contribution in [0.4, 0.5) is 10.6 Å². The number of piperidine rings is 1. The maximum absolute atomic E-state index is 12.4. The number of carbonyl (C=O) groups excluding carboxylic acids is 3. The molecule has 3 aliphatic heterocycles. The van der Waals surface area contributed by atoms with Gasteiger partial charge in [-0.25, -0.2) is 19.7 Å². The summed E-state index contributed by atoms with van der Waals surface area (Å²) in [5.74, 6) is 0.255. The van der Waals surface area contributed by atoms with Gasteiger partial charge in [-0.05, 0) is 25.7 Å². The number of ether oxygens (including phenoxy) is 2. The van der Waals surface area contributed by atoms with Gasteiger partial charge in [0, 0.05) is 33.1 Å². The SMILES string of the molecule is CCNC(=O)[C@H]1O[C@@H](n2cnc3c(N)nc(CC4CCN(C(=O)OC5CC(=O)N5C)CC4)nc32)C(O)C1O. The van der Waals surface area contributed by atoms with Crippen molar-refractivity contribution in [2.24, 2.45) is 5.92 Å². The molecule has 3 unspecified atom stereocenters. The first kappa shape index (κ1) is 26.1. The predicted octanol–water partition coefficient (Wildman–Crippen LogP) is -1.26. The van der Waals surface area contributed by atoms with Crippen LogP contribution in [-0.4, -0.2) is 109 Å². The molecule has 0 radical (unpaired) electrons. The van der Waals surface area contributed by atoms with Crippen LogP contribution in [0.3, 0.4) is 0 Å². The summed E-state index contributed by atoms with van der Waals surface area (Å²) >= 11 is 0. The Morgan fingerprint density at radius 3 is 2.63 bits per heavy atom. The van der Waals surface area contributed by atoms with Crippen LogP contribution in [0.2, 0.25) is 0 Å². The van der Waals surface area contributed by atoms with E-state index in [4.69, 9.17) is 15.2 Å². The van der Waals surface area contributed by atoms with E-state index < -0.39 is 42.8 Å². The van der Waals surface area contributed by atoms with Crippen molar-refractivity contribution in [3.05, 3.63) is 12.2 Å². The smallest absolute Gasteiger partial charge is 0.411 e. The van der Waals surface area contributed by atoms with Crippen molar-refractivity contribution in [3.63, 3.8) is 0 Å². The molecule has 15 nitrogen and oxygen atoms in total. The minimum absolute atomic E-state index is 0.0499. The number of aliphatic hydroxyl groups excluding tert-OH is 2. The number of carbonyl (C=O) groups is 3. The Balaban J connectivity index is 1.24. The minimum atomic E-state index is -1.43. The molecule has 0 aliphatic carbocycles. The number of nitrogens with two attached hydrogens (primary N) is 1. The summed E-state index contributed by atoms with van der Waals surface area (Å²) in [4.78, 5) is 52.3. The second-order valence-electron chi connectivity index (χ2n) is 9.85. The molecular weight excluding hydrogens is 500 g/mol. The van der Waals surface area contributed by atoms with E-state index in [0.717, 1.165) is 0 Å². The average Bonchev–Trinajstić information content (AvgIpc) is 3.45. The van der Waals surface area contributed by atoms with Gasteiger partial charge in [0.05, 0.1) is 12.7 Å². The van der Waals surface area contributed by atoms with E-state index in [-0.39, 0.29) is 24.1 Å². The van der Waals surface area contributed by atoms with Crippen LogP contribution in [0.25, 0.3) is 11.2 Å². The van der Waals surface area contributed by atoms with Gasteiger partial charge in [-0.3, -0.25) is 14.2 Å². The summed E-state index contributed by atoms with van der Waals surface area (Å²) in [5, 5.41) is 23.6. The third-order valence-electron chi connectivity index (χ3n) is 7.37. The zero-order valence-corrected chi connectivity index (χ0v) is 21.2. The number of likely N-dealkylation sites (N-methyl/N-ethyl adjacent to an activating group) is 1. The average molecular weight is 533 g/mol. The number of fused-ring (bicyclic) bond motifs is 1. The first-order valence-corrected chi connectivity index (χ1v) is 12.7. The summed E-state index contributed by atoms with van der Waals surface area (Å²) in [6, 6.07) is 0. The zero-order valence-electron chi connectivity index (χ0n) is 21.2. The number of amides is 3. The number of rotatable bonds is 6. The number of likely N-dealkylation sites (tertiary alicyclic amines) is 2. The van der Waals surface area contributed by atoms with Crippen molar-refractivity contribution in [1.82, 2.24) is 34.6 Å². The number of anilines is 1. The zero-order chi connectivity index (χ0) is 27.1. The Hall–Kier alpha value is -3.56. The quantitative estimate of drug-likeness (QED) is 0.324. The summed E-state index contributed by atoms with van der Waals surface area (Å²) < 4.78 is 12.6. The molecule has 3 amide bonds. The first-order valence-electron chi connectivity index (χ1n) is 12.7. The molecule has 3 saturated heterocycles. The topological polar surface area (TPSA) is 198 Å². The van der Waals surface area contributed by atoms with Crippen molar-refractivity contribution >= 4 is 34.9 Å². The molecule has 0 bridgehead atoms. The summed E-state index contributed by atoms with van der Waals surface area (Å²) in [7, 11) is 1.60. The number of nitrogens with one attached hydrogen (secondary N) is 1. The second-order valence-corrected chi connectivity index (χ2v) is 9.85. The fourth-order valence-corrected chi connectivity index (χ4v) is 5.01. The van der Waals surface area contributed by atoms with E-state index >= 15 is 0 Å². The molecule has 3 aliphatic rings. The Labute approximate surface area is 217 Å². The van der Waals surface area contributed by atoms with Gasteiger partial charge in [-0.2, -0.15) is 0 Å². The van der Waals surface area contributed by atoms with Gasteiger partial charge < -0.3 is 40.5 Å². The van der Waals surface area contributed by atoms with Crippen molar-refractivity contribution < 1.29 is 34.1 Å². The van der Waals surface area contributed by atoms with Gasteiger partial charge in [0.1, 0.15) is 23.5 Å². The third kappa shape index (κ3) is 4.72. The highest BCUT2D eigenvalue weighted by Gasteiger charge is 2.47. The number of aliphatic hydroxyl groups is 2. The van der Waals surface area contributed by atoms with Crippen LogP contribution in [0, 0.1) is 5.92 Å². The molecule has 0 aromatic carbocycles. The largest absolute Gasteiger partial charge is 0.425 e. The number of β-lactam (4-membered cyclic amide) rings is 1. The van der Waals surface area contributed by atoms with Gasteiger partial charge in [-0.1, -0.05) is 0 Å². The molecule has 0 saturated carbocycles. The van der Waals surface area contributed by atoms with Crippen molar-refractivity contribution in [2.45, 2.75) is 63.4 Å². The Morgan fingerprint density at radius 1 is 1.24 bits per heavy atom. The number of hydrogen-bond acceptors (Lipinski definition) is 11. The van der Waals surface area contributed by atoms with Crippen molar-refractivity contribution in [3.8, 4) is 0 Å². The van der Waals surface area contributed by atoms with Gasteiger partial charge in [-0.15, -0.1) is 0 Å². The maximum Gasteiger partial charge on any atom is 0.411 e. The highest BCUT2D eigenvalue weighted by atomic mass is 16.6. The van der Waals surface area contributed by atoms with E-state index in [0.29, 0.717) is 55.9 Å². The first-order chi connectivity index (χ1) is 18.2. The predicted molar refractivity (Wildman–Crippen MR) is 130 cm³/mol. The summed E-state index contributed by atoms with van der Waals surface area (Å²) in [5.41, 5.74) is 6.79. The molecule has 0 spiro atoms. The van der Waals surface area contributed by atoms with Crippen LogP contribution >= 0.6 is 0 Å². The Morgan fingerprint density at radius 2 is 1.97 bits per heavy atom. The number of nitrogens with zero attached hydrogens (tertiary/aromatic N) is 6. The number of hydrogen-bond donors (Lipinski definition) is 4. The van der Waals surface area contributed by atoms with E-state index in [1.54, 1.807) is 18.9 Å². The maximum atomic E-state index is 12.4. The molecule has 2 aromatic heterocycles. The molecule has 3 fully saturated rings. The fourth-order valence-electron chi connectivity index (χ4n) is 5.01. The number of imidazole rings is 1. The summed E-state index contributed by atoms with van der Waals surface area (Å²) in [6.45, 7) is 3.10. The van der Waals surface area contributed by atoms with Crippen LogP contribution < -0.4 is 11.1 Å². The number of aromatic nitrogens is 4. The van der Waals surface area contributed by atoms with Gasteiger partial charge in [0.2, 0.25) is 5.91 Å². The Bertz CT molecular complexity index is 1230. The number of nitrogen functional groups attached to an aromatic ring is 1. The molecular formula is C23H32N8O7. The molecule has 206 valence electrons. The van der Waals surface area contributed by atoms with Gasteiger partial charge >= 0.3 is 6.09 Å². The molecule has 38 heavy (non-hydrogen) atoms. The lowest BCUT2D eigenvalue weighted by Gasteiger charge is -2.38. The normalized spacial score (nSPS) is 28.0. The highest BCUT2D eigenvalue weighted by Crippen LogP contribution is 2.33. The van der Waals surface area contributed by atoms with Crippen LogP contribution in [0.5, 0.6) is 0 Å². The molecule has 15 heteroatoms. The van der Waals surface area contributed by atoms with Crippen LogP contribution in [-0.2, 0) is 25.5 Å².